The van der Waals surface area contributed by atoms with Crippen molar-refractivity contribution in [1.82, 2.24) is 5.32 Å². The van der Waals surface area contributed by atoms with Crippen LogP contribution in [0.2, 0.25) is 0 Å². The van der Waals surface area contributed by atoms with Gasteiger partial charge in [-0.2, -0.15) is 0 Å². The molecule has 0 radical (unpaired) electrons. The molecule has 4 heteroatoms. The van der Waals surface area contributed by atoms with Gasteiger partial charge in [-0.15, -0.1) is 0 Å². The summed E-state index contributed by atoms with van der Waals surface area (Å²) in [6, 6.07) is 9.64. The first-order valence-corrected chi connectivity index (χ1v) is 8.92. The second kappa shape index (κ2) is 10.7. The van der Waals surface area contributed by atoms with Crippen LogP contribution in [-0.2, 0) is 20.9 Å². The number of hydrogen-bond donors (Lipinski definition) is 1. The van der Waals surface area contributed by atoms with E-state index in [2.05, 4.69) is 33.0 Å². The van der Waals surface area contributed by atoms with Gasteiger partial charge in [0.05, 0.1) is 7.11 Å². The van der Waals surface area contributed by atoms with Crippen molar-refractivity contribution in [3.63, 3.8) is 0 Å². The van der Waals surface area contributed by atoms with Crippen molar-refractivity contribution < 1.29 is 14.3 Å². The number of benzene rings is 1. The molecule has 1 atom stereocenters. The molecule has 0 bridgehead atoms. The van der Waals surface area contributed by atoms with E-state index in [-0.39, 0.29) is 5.91 Å². The van der Waals surface area contributed by atoms with Gasteiger partial charge in [0.25, 0.3) is 0 Å². The van der Waals surface area contributed by atoms with E-state index in [0.29, 0.717) is 18.4 Å². The third kappa shape index (κ3) is 8.01. The smallest absolute Gasteiger partial charge is 0.322 e. The lowest BCUT2D eigenvalue weighted by molar-refractivity contribution is -0.147. The number of amides is 1. The highest BCUT2D eigenvalue weighted by Crippen LogP contribution is 2.21. The Bertz CT molecular complexity index is 564. The molecule has 0 aliphatic heterocycles. The van der Waals surface area contributed by atoms with E-state index in [4.69, 9.17) is 4.74 Å². The number of rotatable bonds is 9. The van der Waals surface area contributed by atoms with Crippen LogP contribution in [0.5, 0.6) is 0 Å². The number of carbonyl (C=O) groups is 2. The van der Waals surface area contributed by atoms with Gasteiger partial charge in [0.2, 0.25) is 5.91 Å². The number of hydrogen-bond acceptors (Lipinski definition) is 3. The van der Waals surface area contributed by atoms with Crippen LogP contribution in [0, 0.1) is 17.8 Å². The summed E-state index contributed by atoms with van der Waals surface area (Å²) in [5, 5.41) is 2.84. The Balaban J connectivity index is 2.91. The maximum absolute atomic E-state index is 12.6. The fourth-order valence-corrected chi connectivity index (χ4v) is 2.78. The predicted octanol–water partition coefficient (Wildman–Crippen LogP) is 4.11. The molecule has 0 heterocycles. The van der Waals surface area contributed by atoms with Crippen LogP contribution in [0.3, 0.4) is 0 Å². The summed E-state index contributed by atoms with van der Waals surface area (Å²) >= 11 is 0. The molecule has 0 saturated heterocycles. The van der Waals surface area contributed by atoms with Crippen LogP contribution in [0.15, 0.2) is 42.0 Å². The molecule has 1 N–H and O–H groups in total. The molecule has 0 spiro atoms. The molecule has 4 nitrogen and oxygen atoms in total. The number of methoxy groups -OCH3 is 1. The Morgan fingerprint density at radius 1 is 1.04 bits per heavy atom. The lowest BCUT2D eigenvalue weighted by Gasteiger charge is -2.17. The standard InChI is InChI=1S/C21H31NO3/c1-15(2)11-18(12-16(3)4)13-19(21(24)25-5)20(23)22-14-17-9-7-6-8-10-17/h6-10,13,15-16,19H,11-12,14H2,1-5H3,(H,22,23). The minimum Gasteiger partial charge on any atom is -0.468 e. The van der Waals surface area contributed by atoms with Crippen LogP contribution in [-0.4, -0.2) is 19.0 Å². The lowest BCUT2D eigenvalue weighted by Crippen LogP contribution is -2.35. The summed E-state index contributed by atoms with van der Waals surface area (Å²) in [6.45, 7) is 8.94. The summed E-state index contributed by atoms with van der Waals surface area (Å²) in [5.41, 5.74) is 2.13. The Morgan fingerprint density at radius 3 is 2.08 bits per heavy atom. The first-order valence-electron chi connectivity index (χ1n) is 8.92. The zero-order valence-electron chi connectivity index (χ0n) is 16.0. The topological polar surface area (TPSA) is 55.4 Å². The first kappa shape index (κ1) is 20.9. The lowest BCUT2D eigenvalue weighted by atomic mass is 9.91. The summed E-state index contributed by atoms with van der Waals surface area (Å²) in [5.74, 6) is -0.802. The Morgan fingerprint density at radius 2 is 1.60 bits per heavy atom. The second-order valence-electron chi connectivity index (χ2n) is 7.23. The molecular formula is C21H31NO3. The van der Waals surface area contributed by atoms with Crippen molar-refractivity contribution in [2.75, 3.05) is 7.11 Å². The van der Waals surface area contributed by atoms with Crippen LogP contribution < -0.4 is 5.32 Å². The zero-order chi connectivity index (χ0) is 18.8. The molecule has 1 aromatic rings. The Labute approximate surface area is 151 Å². The summed E-state index contributed by atoms with van der Waals surface area (Å²) in [6.07, 6.45) is 3.54. The number of carbonyl (C=O) groups excluding carboxylic acids is 2. The average molecular weight is 345 g/mol. The average Bonchev–Trinajstić information content (AvgIpc) is 2.56. The van der Waals surface area contributed by atoms with Gasteiger partial charge in [0.1, 0.15) is 0 Å². The molecule has 0 aromatic heterocycles. The molecular weight excluding hydrogens is 314 g/mol. The monoisotopic (exact) mass is 345 g/mol. The number of ether oxygens (including phenoxy) is 1. The molecule has 1 unspecified atom stereocenters. The third-order valence-corrected chi connectivity index (χ3v) is 3.79. The highest BCUT2D eigenvalue weighted by Gasteiger charge is 2.26. The Kier molecular flexibility index (Phi) is 8.96. The maximum atomic E-state index is 12.6. The zero-order valence-corrected chi connectivity index (χ0v) is 16.0. The molecule has 138 valence electrons. The number of allylic oxidation sites excluding steroid dienone is 1. The van der Waals surface area contributed by atoms with E-state index in [0.717, 1.165) is 24.0 Å². The van der Waals surface area contributed by atoms with Gasteiger partial charge < -0.3 is 10.1 Å². The van der Waals surface area contributed by atoms with Crippen molar-refractivity contribution >= 4 is 11.9 Å². The van der Waals surface area contributed by atoms with E-state index in [1.54, 1.807) is 6.08 Å². The SMILES string of the molecule is COC(=O)C(C=C(CC(C)C)CC(C)C)C(=O)NCc1ccccc1. The van der Waals surface area contributed by atoms with Crippen molar-refractivity contribution in [3.05, 3.63) is 47.5 Å². The van der Waals surface area contributed by atoms with Crippen LogP contribution in [0.1, 0.15) is 46.1 Å². The van der Waals surface area contributed by atoms with Gasteiger partial charge in [0.15, 0.2) is 5.92 Å². The van der Waals surface area contributed by atoms with E-state index in [1.807, 2.05) is 30.3 Å². The van der Waals surface area contributed by atoms with Gasteiger partial charge in [0, 0.05) is 6.54 Å². The van der Waals surface area contributed by atoms with Gasteiger partial charge >= 0.3 is 5.97 Å². The molecule has 0 aliphatic carbocycles. The van der Waals surface area contributed by atoms with E-state index in [1.165, 1.54) is 7.11 Å². The van der Waals surface area contributed by atoms with Crippen LogP contribution in [0.25, 0.3) is 0 Å². The molecule has 1 rings (SSSR count). The van der Waals surface area contributed by atoms with E-state index < -0.39 is 11.9 Å². The van der Waals surface area contributed by atoms with Crippen LogP contribution in [0.4, 0.5) is 0 Å². The molecule has 0 aliphatic rings. The summed E-state index contributed by atoms with van der Waals surface area (Å²) in [4.78, 5) is 24.7. The van der Waals surface area contributed by atoms with Gasteiger partial charge in [-0.3, -0.25) is 9.59 Å². The molecule has 1 amide bonds. The normalized spacial score (nSPS) is 12.0. The summed E-state index contributed by atoms with van der Waals surface area (Å²) in [7, 11) is 1.32. The van der Waals surface area contributed by atoms with Crippen molar-refractivity contribution in [3.8, 4) is 0 Å². The Hall–Kier alpha value is -2.10. The van der Waals surface area contributed by atoms with E-state index >= 15 is 0 Å². The maximum Gasteiger partial charge on any atom is 0.322 e. The largest absolute Gasteiger partial charge is 0.468 e. The fourth-order valence-electron chi connectivity index (χ4n) is 2.78. The van der Waals surface area contributed by atoms with E-state index in [9.17, 15) is 9.59 Å². The summed E-state index contributed by atoms with van der Waals surface area (Å²) < 4.78 is 4.85. The van der Waals surface area contributed by atoms with Gasteiger partial charge in [-0.1, -0.05) is 69.7 Å². The minimum absolute atomic E-state index is 0.319. The fraction of sp³-hybridized carbons (Fsp3) is 0.524. The van der Waals surface area contributed by atoms with Crippen LogP contribution >= 0.6 is 0 Å². The minimum atomic E-state index is -0.902. The molecule has 25 heavy (non-hydrogen) atoms. The molecule has 1 aromatic carbocycles. The second-order valence-corrected chi connectivity index (χ2v) is 7.23. The van der Waals surface area contributed by atoms with Crippen molar-refractivity contribution in [2.45, 2.75) is 47.1 Å². The first-order chi connectivity index (χ1) is 11.8. The third-order valence-electron chi connectivity index (χ3n) is 3.79. The number of esters is 1. The molecule has 0 fully saturated rings. The highest BCUT2D eigenvalue weighted by molar-refractivity contribution is 5.99. The molecule has 0 saturated carbocycles. The number of nitrogens with one attached hydrogen (secondary N) is 1. The highest BCUT2D eigenvalue weighted by atomic mass is 16.5. The van der Waals surface area contributed by atoms with Crippen molar-refractivity contribution in [2.24, 2.45) is 17.8 Å². The quantitative estimate of drug-likeness (QED) is 0.416. The van der Waals surface area contributed by atoms with Gasteiger partial charge in [-0.25, -0.2) is 0 Å². The predicted molar refractivity (Wildman–Crippen MR) is 101 cm³/mol. The van der Waals surface area contributed by atoms with Crippen molar-refractivity contribution in [1.29, 1.82) is 0 Å². The van der Waals surface area contributed by atoms with Gasteiger partial charge in [-0.05, 0) is 30.2 Å².